The Morgan fingerprint density at radius 3 is 2.44 bits per heavy atom. The Hall–Kier alpha value is -0.310. The normalized spacial score (nSPS) is 12.7. The summed E-state index contributed by atoms with van der Waals surface area (Å²) in [4.78, 5) is 1.38. The molecule has 18 heavy (non-hydrogen) atoms. The Labute approximate surface area is 126 Å². The molecule has 2 rings (SSSR count). The second kappa shape index (κ2) is 6.23. The molecule has 0 nitrogen and oxygen atoms in total. The number of rotatable bonds is 4. The first-order valence-electron chi connectivity index (χ1n) is 6.16. The summed E-state index contributed by atoms with van der Waals surface area (Å²) < 4.78 is 0. The molecule has 2 aromatic rings. The third-order valence-corrected chi connectivity index (χ3v) is 5.87. The van der Waals surface area contributed by atoms with Crippen LogP contribution >= 0.6 is 38.9 Å². The molecule has 1 heterocycles. The van der Waals surface area contributed by atoms with Crippen LogP contribution in [-0.4, -0.2) is 0 Å². The molecule has 0 aliphatic carbocycles. The van der Waals surface area contributed by atoms with E-state index in [1.54, 1.807) is 11.3 Å². The lowest BCUT2D eigenvalue weighted by Crippen LogP contribution is -1.96. The number of hydrogen-bond donors (Lipinski definition) is 0. The van der Waals surface area contributed by atoms with Crippen molar-refractivity contribution in [3.05, 3.63) is 56.2 Å². The van der Waals surface area contributed by atoms with Crippen LogP contribution in [0.1, 0.15) is 40.2 Å². The second-order valence-electron chi connectivity index (χ2n) is 4.23. The first kappa shape index (κ1) is 14.1. The zero-order valence-electron chi connectivity index (χ0n) is 10.5. The Morgan fingerprint density at radius 2 is 1.89 bits per heavy atom. The van der Waals surface area contributed by atoms with Gasteiger partial charge in [0.05, 0.1) is 9.85 Å². The van der Waals surface area contributed by atoms with Gasteiger partial charge in [-0.15, -0.1) is 11.3 Å². The topological polar surface area (TPSA) is 0 Å². The molecule has 1 aromatic heterocycles. The smallest absolute Gasteiger partial charge is 0.0753 e. The zero-order valence-corrected chi connectivity index (χ0v) is 13.7. The maximum Gasteiger partial charge on any atom is 0.0753 e. The van der Waals surface area contributed by atoms with Gasteiger partial charge in [-0.25, -0.2) is 0 Å². The molecule has 0 fully saturated rings. The van der Waals surface area contributed by atoms with Crippen LogP contribution in [0, 0.1) is 0 Å². The molecule has 96 valence electrons. The van der Waals surface area contributed by atoms with Crippen LogP contribution in [0.3, 0.4) is 0 Å². The second-order valence-corrected chi connectivity index (χ2v) is 6.50. The van der Waals surface area contributed by atoms with Gasteiger partial charge in [0.2, 0.25) is 0 Å². The Kier molecular flexibility index (Phi) is 4.88. The summed E-state index contributed by atoms with van der Waals surface area (Å²) in [6, 6.07) is 8.70. The summed E-state index contributed by atoms with van der Waals surface area (Å²) in [5.41, 5.74) is 4.17. The summed E-state index contributed by atoms with van der Waals surface area (Å²) in [6.45, 7) is 4.41. The standard InChI is InChI=1S/C15H16BrClS/c1-3-10-5-6-12(9-11(10)4-2)14(16)15-13(17)7-8-18-15/h5-9,14H,3-4H2,1-2H3. The van der Waals surface area contributed by atoms with Crippen LogP contribution < -0.4 is 0 Å². The monoisotopic (exact) mass is 342 g/mol. The van der Waals surface area contributed by atoms with Crippen molar-refractivity contribution in [3.8, 4) is 0 Å². The minimum Gasteiger partial charge on any atom is -0.146 e. The SMILES string of the molecule is CCc1ccc(C(Br)c2sccc2Cl)cc1CC. The van der Waals surface area contributed by atoms with E-state index in [1.807, 2.05) is 11.4 Å². The minimum atomic E-state index is 0.196. The van der Waals surface area contributed by atoms with Gasteiger partial charge in [-0.3, -0.25) is 0 Å². The molecule has 1 unspecified atom stereocenters. The molecule has 0 saturated carbocycles. The average molecular weight is 344 g/mol. The van der Waals surface area contributed by atoms with E-state index in [0.717, 1.165) is 17.9 Å². The molecule has 3 heteroatoms. The van der Waals surface area contributed by atoms with Crippen LogP contribution in [0.25, 0.3) is 0 Å². The van der Waals surface area contributed by atoms with Crippen molar-refractivity contribution in [1.82, 2.24) is 0 Å². The van der Waals surface area contributed by atoms with E-state index >= 15 is 0 Å². The summed E-state index contributed by atoms with van der Waals surface area (Å²) in [5.74, 6) is 0. The van der Waals surface area contributed by atoms with E-state index in [2.05, 4.69) is 48.0 Å². The zero-order chi connectivity index (χ0) is 13.1. The predicted octanol–water partition coefficient (Wildman–Crippen LogP) is 6.01. The Morgan fingerprint density at radius 1 is 1.17 bits per heavy atom. The Balaban J connectivity index is 2.37. The van der Waals surface area contributed by atoms with Crippen molar-refractivity contribution in [3.63, 3.8) is 0 Å². The first-order valence-corrected chi connectivity index (χ1v) is 8.33. The van der Waals surface area contributed by atoms with E-state index in [-0.39, 0.29) is 4.83 Å². The predicted molar refractivity (Wildman–Crippen MR) is 85.3 cm³/mol. The van der Waals surface area contributed by atoms with Gasteiger partial charge < -0.3 is 0 Å². The van der Waals surface area contributed by atoms with Crippen LogP contribution in [0.5, 0.6) is 0 Å². The lowest BCUT2D eigenvalue weighted by Gasteiger charge is -2.13. The maximum atomic E-state index is 6.20. The van der Waals surface area contributed by atoms with Crippen LogP contribution in [0.2, 0.25) is 5.02 Å². The lowest BCUT2D eigenvalue weighted by atomic mass is 9.98. The maximum absolute atomic E-state index is 6.20. The highest BCUT2D eigenvalue weighted by atomic mass is 79.9. The number of alkyl halides is 1. The number of aryl methyl sites for hydroxylation is 2. The molecule has 0 bridgehead atoms. The molecule has 0 saturated heterocycles. The molecular formula is C15H16BrClS. The summed E-state index contributed by atoms with van der Waals surface area (Å²) in [7, 11) is 0. The lowest BCUT2D eigenvalue weighted by molar-refractivity contribution is 1.02. The van der Waals surface area contributed by atoms with Crippen molar-refractivity contribution in [2.45, 2.75) is 31.5 Å². The highest BCUT2D eigenvalue weighted by Crippen LogP contribution is 2.39. The van der Waals surface area contributed by atoms with E-state index in [0.29, 0.717) is 0 Å². The van der Waals surface area contributed by atoms with Crippen molar-refractivity contribution in [2.75, 3.05) is 0 Å². The number of thiophene rings is 1. The molecular weight excluding hydrogens is 328 g/mol. The van der Waals surface area contributed by atoms with Gasteiger partial charge in [-0.05, 0) is 41.0 Å². The van der Waals surface area contributed by atoms with Gasteiger partial charge in [0.15, 0.2) is 0 Å². The fourth-order valence-electron chi connectivity index (χ4n) is 2.12. The first-order chi connectivity index (χ1) is 8.67. The van der Waals surface area contributed by atoms with Crippen LogP contribution in [0.4, 0.5) is 0 Å². The van der Waals surface area contributed by atoms with E-state index in [4.69, 9.17) is 11.6 Å². The van der Waals surface area contributed by atoms with Crippen LogP contribution in [0.15, 0.2) is 29.6 Å². The van der Waals surface area contributed by atoms with Gasteiger partial charge in [0.1, 0.15) is 0 Å². The fraction of sp³-hybridized carbons (Fsp3) is 0.333. The number of benzene rings is 1. The summed E-state index contributed by atoms with van der Waals surface area (Å²) in [6.07, 6.45) is 2.17. The molecule has 0 radical (unpaired) electrons. The largest absolute Gasteiger partial charge is 0.146 e. The molecule has 1 aromatic carbocycles. The minimum absolute atomic E-state index is 0.196. The van der Waals surface area contributed by atoms with E-state index < -0.39 is 0 Å². The molecule has 0 N–H and O–H groups in total. The third-order valence-electron chi connectivity index (χ3n) is 3.16. The van der Waals surface area contributed by atoms with Crippen LogP contribution in [-0.2, 0) is 12.8 Å². The Bertz CT molecular complexity index is 533. The van der Waals surface area contributed by atoms with Gasteiger partial charge in [0.25, 0.3) is 0 Å². The van der Waals surface area contributed by atoms with Crippen molar-refractivity contribution < 1.29 is 0 Å². The van der Waals surface area contributed by atoms with Crippen molar-refractivity contribution in [2.24, 2.45) is 0 Å². The molecule has 0 aliphatic heterocycles. The molecule has 0 amide bonds. The van der Waals surface area contributed by atoms with E-state index in [1.165, 1.54) is 21.6 Å². The summed E-state index contributed by atoms with van der Waals surface area (Å²) in [5, 5.41) is 2.88. The highest BCUT2D eigenvalue weighted by Gasteiger charge is 2.16. The molecule has 0 aliphatic rings. The van der Waals surface area contributed by atoms with Crippen molar-refractivity contribution in [1.29, 1.82) is 0 Å². The average Bonchev–Trinajstić information content (AvgIpc) is 2.83. The van der Waals surface area contributed by atoms with Gasteiger partial charge in [0, 0.05) is 4.88 Å². The highest BCUT2D eigenvalue weighted by molar-refractivity contribution is 9.09. The fourth-order valence-corrected chi connectivity index (χ4v) is 4.27. The molecule has 0 spiro atoms. The third kappa shape index (κ3) is 2.81. The number of halogens is 2. The molecule has 1 atom stereocenters. The van der Waals surface area contributed by atoms with Gasteiger partial charge >= 0.3 is 0 Å². The quantitative estimate of drug-likeness (QED) is 0.596. The van der Waals surface area contributed by atoms with E-state index in [9.17, 15) is 0 Å². The number of hydrogen-bond acceptors (Lipinski definition) is 1. The van der Waals surface area contributed by atoms with Gasteiger partial charge in [-0.1, -0.05) is 59.6 Å². The summed E-state index contributed by atoms with van der Waals surface area (Å²) >= 11 is 11.7. The van der Waals surface area contributed by atoms with Gasteiger partial charge in [-0.2, -0.15) is 0 Å². The van der Waals surface area contributed by atoms with Crippen molar-refractivity contribution >= 4 is 38.9 Å².